The van der Waals surface area contributed by atoms with Gasteiger partial charge in [0, 0.05) is 31.4 Å². The van der Waals surface area contributed by atoms with Gasteiger partial charge in [-0.3, -0.25) is 19.4 Å². The summed E-state index contributed by atoms with van der Waals surface area (Å²) in [5, 5.41) is 5.63. The van der Waals surface area contributed by atoms with Crippen molar-refractivity contribution >= 4 is 29.1 Å². The lowest BCUT2D eigenvalue weighted by molar-refractivity contribution is -0.129. The number of aromatic nitrogens is 1. The van der Waals surface area contributed by atoms with E-state index in [-0.39, 0.29) is 30.2 Å². The molecule has 1 saturated heterocycles. The number of carbonyl (C=O) groups is 3. The Hall–Kier alpha value is -3.22. The molecular weight excluding hydrogens is 344 g/mol. The fraction of sp³-hybridized carbons (Fsp3) is 0.300. The van der Waals surface area contributed by atoms with Crippen LogP contribution in [0.4, 0.5) is 11.4 Å². The van der Waals surface area contributed by atoms with Crippen LogP contribution >= 0.6 is 0 Å². The van der Waals surface area contributed by atoms with Crippen molar-refractivity contribution in [1.29, 1.82) is 0 Å². The van der Waals surface area contributed by atoms with Crippen LogP contribution in [0.25, 0.3) is 0 Å². The first-order chi connectivity index (χ1) is 13.0. The third kappa shape index (κ3) is 4.31. The largest absolute Gasteiger partial charge is 0.339 e. The van der Waals surface area contributed by atoms with Gasteiger partial charge in [-0.05, 0) is 38.1 Å². The highest BCUT2D eigenvalue weighted by Gasteiger charge is 2.35. The second kappa shape index (κ2) is 7.99. The fourth-order valence-corrected chi connectivity index (χ4v) is 3.03. The van der Waals surface area contributed by atoms with Gasteiger partial charge in [-0.25, -0.2) is 0 Å². The maximum absolute atomic E-state index is 12.6. The van der Waals surface area contributed by atoms with Crippen LogP contribution in [0.2, 0.25) is 0 Å². The van der Waals surface area contributed by atoms with Crippen LogP contribution in [0.3, 0.4) is 0 Å². The Kier molecular flexibility index (Phi) is 5.49. The molecule has 0 radical (unpaired) electrons. The van der Waals surface area contributed by atoms with Gasteiger partial charge >= 0.3 is 0 Å². The summed E-state index contributed by atoms with van der Waals surface area (Å²) in [6.45, 7) is 4.27. The molecule has 1 atom stereocenters. The summed E-state index contributed by atoms with van der Waals surface area (Å²) >= 11 is 0. The smallest absolute Gasteiger partial charge is 0.257 e. The van der Waals surface area contributed by atoms with E-state index in [1.54, 1.807) is 47.5 Å². The van der Waals surface area contributed by atoms with Crippen LogP contribution in [0.1, 0.15) is 30.6 Å². The quantitative estimate of drug-likeness (QED) is 0.851. The molecule has 1 aromatic carbocycles. The van der Waals surface area contributed by atoms with Gasteiger partial charge in [0.2, 0.25) is 11.8 Å². The number of para-hydroxylation sites is 2. The van der Waals surface area contributed by atoms with Crippen molar-refractivity contribution in [3.63, 3.8) is 0 Å². The molecule has 3 amide bonds. The molecule has 7 nitrogen and oxygen atoms in total. The first kappa shape index (κ1) is 18.6. The molecule has 1 aliphatic rings. The zero-order valence-corrected chi connectivity index (χ0v) is 15.3. The number of pyridine rings is 1. The number of hydrogen-bond acceptors (Lipinski definition) is 4. The molecule has 140 valence electrons. The number of nitrogens with zero attached hydrogens (tertiary/aromatic N) is 2. The van der Waals surface area contributed by atoms with Gasteiger partial charge < -0.3 is 15.5 Å². The van der Waals surface area contributed by atoms with E-state index < -0.39 is 5.92 Å². The fourth-order valence-electron chi connectivity index (χ4n) is 3.03. The molecule has 0 aliphatic carbocycles. The molecule has 1 aliphatic heterocycles. The molecule has 0 saturated carbocycles. The highest BCUT2D eigenvalue weighted by atomic mass is 16.2. The van der Waals surface area contributed by atoms with Crippen molar-refractivity contribution in [2.24, 2.45) is 5.92 Å². The summed E-state index contributed by atoms with van der Waals surface area (Å²) in [6, 6.07) is 10.4. The van der Waals surface area contributed by atoms with Crippen molar-refractivity contribution in [2.45, 2.75) is 26.3 Å². The Morgan fingerprint density at radius 3 is 2.41 bits per heavy atom. The predicted molar refractivity (Wildman–Crippen MR) is 102 cm³/mol. The van der Waals surface area contributed by atoms with Gasteiger partial charge in [-0.2, -0.15) is 0 Å². The molecule has 1 aromatic heterocycles. The number of carbonyl (C=O) groups excluding carboxylic acids is 3. The van der Waals surface area contributed by atoms with Crippen LogP contribution in [-0.4, -0.2) is 40.2 Å². The maximum Gasteiger partial charge on any atom is 0.257 e. The first-order valence-corrected chi connectivity index (χ1v) is 8.86. The number of hydrogen-bond donors (Lipinski definition) is 2. The number of rotatable bonds is 5. The van der Waals surface area contributed by atoms with Crippen molar-refractivity contribution < 1.29 is 14.4 Å². The summed E-state index contributed by atoms with van der Waals surface area (Å²) in [4.78, 5) is 42.7. The second-order valence-corrected chi connectivity index (χ2v) is 6.77. The van der Waals surface area contributed by atoms with Crippen molar-refractivity contribution in [1.82, 2.24) is 9.88 Å². The van der Waals surface area contributed by atoms with Gasteiger partial charge in [0.1, 0.15) is 0 Å². The van der Waals surface area contributed by atoms with E-state index in [0.717, 1.165) is 0 Å². The topological polar surface area (TPSA) is 91.4 Å². The Morgan fingerprint density at radius 1 is 1.11 bits per heavy atom. The molecule has 1 fully saturated rings. The lowest BCUT2D eigenvalue weighted by Gasteiger charge is -2.21. The monoisotopic (exact) mass is 366 g/mol. The van der Waals surface area contributed by atoms with Crippen LogP contribution in [0, 0.1) is 5.92 Å². The standard InChI is InChI=1S/C20H22N4O3/c1-13(2)24-12-15(10-18(24)25)20(27)23-17-8-4-3-7-16(17)22-19(26)14-6-5-9-21-11-14/h3-9,11,13,15H,10,12H2,1-2H3,(H,22,26)(H,23,27). The molecule has 2 aromatic rings. The van der Waals surface area contributed by atoms with Gasteiger partial charge in [0.25, 0.3) is 5.91 Å². The number of likely N-dealkylation sites (tertiary alicyclic amines) is 1. The summed E-state index contributed by atoms with van der Waals surface area (Å²) < 4.78 is 0. The van der Waals surface area contributed by atoms with Gasteiger partial charge in [0.05, 0.1) is 22.9 Å². The SMILES string of the molecule is CC(C)N1CC(C(=O)Nc2ccccc2NC(=O)c2cccnc2)CC1=O. The molecular formula is C20H22N4O3. The maximum atomic E-state index is 12.6. The predicted octanol–water partition coefficient (Wildman–Crippen LogP) is 2.53. The summed E-state index contributed by atoms with van der Waals surface area (Å²) in [5.74, 6) is -0.952. The number of anilines is 2. The Balaban J connectivity index is 1.70. The van der Waals surface area contributed by atoms with Crippen LogP contribution in [0.15, 0.2) is 48.8 Å². The first-order valence-electron chi connectivity index (χ1n) is 8.86. The number of amides is 3. The van der Waals surface area contributed by atoms with E-state index in [1.807, 2.05) is 13.8 Å². The summed E-state index contributed by atoms with van der Waals surface area (Å²) in [5.41, 5.74) is 1.41. The van der Waals surface area contributed by atoms with Gasteiger partial charge in [-0.1, -0.05) is 12.1 Å². The van der Waals surface area contributed by atoms with Crippen molar-refractivity contribution in [3.05, 3.63) is 54.4 Å². The Bertz CT molecular complexity index is 851. The highest BCUT2D eigenvalue weighted by Crippen LogP contribution is 2.25. The minimum Gasteiger partial charge on any atom is -0.339 e. The van der Waals surface area contributed by atoms with E-state index in [0.29, 0.717) is 23.5 Å². The third-order valence-corrected chi connectivity index (χ3v) is 4.51. The average molecular weight is 366 g/mol. The van der Waals surface area contributed by atoms with Crippen molar-refractivity contribution in [3.8, 4) is 0 Å². The molecule has 1 unspecified atom stereocenters. The minimum atomic E-state index is -0.401. The molecule has 0 spiro atoms. The third-order valence-electron chi connectivity index (χ3n) is 4.51. The zero-order valence-electron chi connectivity index (χ0n) is 15.3. The molecule has 7 heteroatoms. The average Bonchev–Trinajstić information content (AvgIpc) is 3.06. The number of benzene rings is 1. The highest BCUT2D eigenvalue weighted by molar-refractivity contribution is 6.07. The Morgan fingerprint density at radius 2 is 1.81 bits per heavy atom. The van der Waals surface area contributed by atoms with Crippen LogP contribution in [-0.2, 0) is 9.59 Å². The zero-order chi connectivity index (χ0) is 19.4. The van der Waals surface area contributed by atoms with E-state index in [2.05, 4.69) is 15.6 Å². The lowest BCUT2D eigenvalue weighted by atomic mass is 10.1. The molecule has 0 bridgehead atoms. The Labute approximate surface area is 157 Å². The van der Waals surface area contributed by atoms with Gasteiger partial charge in [0.15, 0.2) is 0 Å². The molecule has 2 heterocycles. The summed E-state index contributed by atoms with van der Waals surface area (Å²) in [7, 11) is 0. The normalized spacial score (nSPS) is 16.5. The van der Waals surface area contributed by atoms with Crippen molar-refractivity contribution in [2.75, 3.05) is 17.2 Å². The van der Waals surface area contributed by atoms with E-state index >= 15 is 0 Å². The van der Waals surface area contributed by atoms with Crippen LogP contribution < -0.4 is 10.6 Å². The second-order valence-electron chi connectivity index (χ2n) is 6.77. The van der Waals surface area contributed by atoms with Gasteiger partial charge in [-0.15, -0.1) is 0 Å². The lowest BCUT2D eigenvalue weighted by Crippen LogP contribution is -2.33. The molecule has 2 N–H and O–H groups in total. The van der Waals surface area contributed by atoms with E-state index in [9.17, 15) is 14.4 Å². The number of nitrogens with one attached hydrogen (secondary N) is 2. The molecule has 27 heavy (non-hydrogen) atoms. The minimum absolute atomic E-state index is 0.0108. The van der Waals surface area contributed by atoms with E-state index in [1.165, 1.54) is 6.20 Å². The van der Waals surface area contributed by atoms with Crippen LogP contribution in [0.5, 0.6) is 0 Å². The van der Waals surface area contributed by atoms with E-state index in [4.69, 9.17) is 0 Å². The summed E-state index contributed by atoms with van der Waals surface area (Å²) in [6.07, 6.45) is 3.27. The molecule has 3 rings (SSSR count).